The molecule has 1 unspecified atom stereocenters. The summed E-state index contributed by atoms with van der Waals surface area (Å²) in [4.78, 5) is 18.4. The van der Waals surface area contributed by atoms with Gasteiger partial charge in [0.05, 0.1) is 0 Å². The maximum absolute atomic E-state index is 11.5. The highest BCUT2D eigenvalue weighted by molar-refractivity contribution is 5.76. The standard InChI is InChI=1S/C14H29N5O/c1-13(11-15)12-18-5-2-4-17(7-8-18)9-10-19-6-3-16-14(19)20/h13H,2-12,15H2,1H3,(H,16,20). The first-order valence-electron chi connectivity index (χ1n) is 7.86. The van der Waals surface area contributed by atoms with E-state index in [2.05, 4.69) is 22.0 Å². The fourth-order valence-corrected chi connectivity index (χ4v) is 2.93. The van der Waals surface area contributed by atoms with Crippen LogP contribution in [-0.4, -0.2) is 86.2 Å². The van der Waals surface area contributed by atoms with Gasteiger partial charge in [-0.1, -0.05) is 6.92 Å². The van der Waals surface area contributed by atoms with Crippen molar-refractivity contribution in [3.05, 3.63) is 0 Å². The summed E-state index contributed by atoms with van der Waals surface area (Å²) in [6, 6.07) is 0.0956. The summed E-state index contributed by atoms with van der Waals surface area (Å²) >= 11 is 0. The average Bonchev–Trinajstić information content (AvgIpc) is 2.72. The Balaban J connectivity index is 1.68. The van der Waals surface area contributed by atoms with E-state index in [0.29, 0.717) is 5.92 Å². The molecule has 116 valence electrons. The van der Waals surface area contributed by atoms with Gasteiger partial charge in [-0.3, -0.25) is 0 Å². The van der Waals surface area contributed by atoms with E-state index in [9.17, 15) is 4.79 Å². The van der Waals surface area contributed by atoms with Crippen LogP contribution in [0.4, 0.5) is 4.79 Å². The summed E-state index contributed by atoms with van der Waals surface area (Å²) < 4.78 is 0. The van der Waals surface area contributed by atoms with E-state index in [1.165, 1.54) is 13.0 Å². The molecular weight excluding hydrogens is 254 g/mol. The van der Waals surface area contributed by atoms with Crippen molar-refractivity contribution < 1.29 is 4.79 Å². The van der Waals surface area contributed by atoms with Crippen LogP contribution in [0.25, 0.3) is 0 Å². The number of nitrogens with one attached hydrogen (secondary N) is 1. The molecule has 0 spiro atoms. The van der Waals surface area contributed by atoms with Gasteiger partial charge in [-0.25, -0.2) is 4.79 Å². The monoisotopic (exact) mass is 283 g/mol. The lowest BCUT2D eigenvalue weighted by atomic mass is 10.1. The molecule has 2 rings (SSSR count). The van der Waals surface area contributed by atoms with E-state index < -0.39 is 0 Å². The first-order chi connectivity index (χ1) is 9.69. The lowest BCUT2D eigenvalue weighted by molar-refractivity contribution is 0.199. The van der Waals surface area contributed by atoms with Crippen LogP contribution >= 0.6 is 0 Å². The van der Waals surface area contributed by atoms with Gasteiger partial charge in [-0.05, 0) is 32.0 Å². The molecule has 1 atom stereocenters. The molecule has 6 heteroatoms. The molecule has 2 heterocycles. The molecule has 20 heavy (non-hydrogen) atoms. The smallest absolute Gasteiger partial charge is 0.317 e. The molecule has 6 nitrogen and oxygen atoms in total. The summed E-state index contributed by atoms with van der Waals surface area (Å²) in [5.74, 6) is 0.579. The van der Waals surface area contributed by atoms with E-state index >= 15 is 0 Å². The largest absolute Gasteiger partial charge is 0.336 e. The predicted molar refractivity (Wildman–Crippen MR) is 80.7 cm³/mol. The summed E-state index contributed by atoms with van der Waals surface area (Å²) in [5, 5.41) is 2.85. The van der Waals surface area contributed by atoms with Crippen LogP contribution in [0, 0.1) is 5.92 Å². The Labute approximate surface area is 122 Å². The Morgan fingerprint density at radius 2 is 1.90 bits per heavy atom. The van der Waals surface area contributed by atoms with Crippen molar-refractivity contribution >= 4 is 6.03 Å². The van der Waals surface area contributed by atoms with Crippen LogP contribution < -0.4 is 11.1 Å². The summed E-state index contributed by atoms with van der Waals surface area (Å²) in [6.07, 6.45) is 1.21. The van der Waals surface area contributed by atoms with Crippen LogP contribution in [0.15, 0.2) is 0 Å². The molecular formula is C14H29N5O. The maximum Gasteiger partial charge on any atom is 0.317 e. The van der Waals surface area contributed by atoms with Crippen molar-refractivity contribution in [2.75, 3.05) is 65.4 Å². The van der Waals surface area contributed by atoms with Crippen LogP contribution in [0.1, 0.15) is 13.3 Å². The topological polar surface area (TPSA) is 64.8 Å². The highest BCUT2D eigenvalue weighted by atomic mass is 16.2. The first-order valence-corrected chi connectivity index (χ1v) is 7.86. The van der Waals surface area contributed by atoms with Gasteiger partial charge in [0.1, 0.15) is 0 Å². The van der Waals surface area contributed by atoms with Gasteiger partial charge in [0, 0.05) is 45.8 Å². The molecule has 3 N–H and O–H groups in total. The fraction of sp³-hybridized carbons (Fsp3) is 0.929. The average molecular weight is 283 g/mol. The van der Waals surface area contributed by atoms with E-state index in [1.807, 2.05) is 4.90 Å². The molecule has 2 saturated heterocycles. The Kier molecular flexibility index (Phi) is 6.06. The molecule has 2 fully saturated rings. The number of nitrogens with two attached hydrogens (primary N) is 1. The minimum atomic E-state index is 0.0956. The lowest BCUT2D eigenvalue weighted by Gasteiger charge is -2.25. The minimum Gasteiger partial charge on any atom is -0.336 e. The Bertz CT molecular complexity index is 312. The van der Waals surface area contributed by atoms with Gasteiger partial charge in [-0.2, -0.15) is 0 Å². The molecule has 0 saturated carbocycles. The predicted octanol–water partition coefficient (Wildman–Crippen LogP) is -0.386. The molecule has 0 aromatic carbocycles. The second-order valence-electron chi connectivity index (χ2n) is 6.06. The zero-order chi connectivity index (χ0) is 14.4. The number of hydrogen-bond donors (Lipinski definition) is 2. The summed E-state index contributed by atoms with van der Waals surface area (Å²) in [6.45, 7) is 12.1. The van der Waals surface area contributed by atoms with Gasteiger partial charge < -0.3 is 25.8 Å². The van der Waals surface area contributed by atoms with Crippen molar-refractivity contribution in [1.29, 1.82) is 0 Å². The van der Waals surface area contributed by atoms with Gasteiger partial charge in [-0.15, -0.1) is 0 Å². The van der Waals surface area contributed by atoms with Gasteiger partial charge in [0.2, 0.25) is 0 Å². The number of hydrogen-bond acceptors (Lipinski definition) is 4. The molecule has 0 radical (unpaired) electrons. The summed E-state index contributed by atoms with van der Waals surface area (Å²) in [7, 11) is 0. The molecule has 0 aromatic rings. The summed E-state index contributed by atoms with van der Waals surface area (Å²) in [5.41, 5.74) is 5.71. The second kappa shape index (κ2) is 7.81. The van der Waals surface area contributed by atoms with Crippen molar-refractivity contribution in [2.45, 2.75) is 13.3 Å². The molecule has 0 bridgehead atoms. The SMILES string of the molecule is CC(CN)CN1CCCN(CCN2CCNC2=O)CC1. The third-order valence-electron chi connectivity index (χ3n) is 4.28. The normalized spacial score (nSPS) is 23.7. The molecule has 2 amide bonds. The molecule has 0 aliphatic carbocycles. The van der Waals surface area contributed by atoms with Gasteiger partial charge in [0.15, 0.2) is 0 Å². The van der Waals surface area contributed by atoms with E-state index in [-0.39, 0.29) is 6.03 Å². The first kappa shape index (κ1) is 15.5. The Hall–Kier alpha value is -0.850. The van der Waals surface area contributed by atoms with Crippen molar-refractivity contribution in [1.82, 2.24) is 20.0 Å². The van der Waals surface area contributed by atoms with E-state index in [0.717, 1.165) is 58.9 Å². The van der Waals surface area contributed by atoms with E-state index in [1.54, 1.807) is 0 Å². The number of nitrogens with zero attached hydrogens (tertiary/aromatic N) is 3. The number of carbonyl (C=O) groups excluding carboxylic acids is 1. The minimum absolute atomic E-state index is 0.0956. The highest BCUT2D eigenvalue weighted by Gasteiger charge is 2.21. The fourth-order valence-electron chi connectivity index (χ4n) is 2.93. The van der Waals surface area contributed by atoms with Crippen molar-refractivity contribution in [2.24, 2.45) is 11.7 Å². The van der Waals surface area contributed by atoms with Crippen LogP contribution in [0.3, 0.4) is 0 Å². The highest BCUT2D eigenvalue weighted by Crippen LogP contribution is 2.06. The quantitative estimate of drug-likeness (QED) is 0.697. The number of rotatable bonds is 6. The third-order valence-corrected chi connectivity index (χ3v) is 4.28. The molecule has 0 aromatic heterocycles. The van der Waals surface area contributed by atoms with Crippen LogP contribution in [0.5, 0.6) is 0 Å². The Morgan fingerprint density at radius 3 is 2.60 bits per heavy atom. The second-order valence-corrected chi connectivity index (χ2v) is 6.06. The van der Waals surface area contributed by atoms with E-state index in [4.69, 9.17) is 5.73 Å². The third kappa shape index (κ3) is 4.61. The van der Waals surface area contributed by atoms with Crippen LogP contribution in [0.2, 0.25) is 0 Å². The Morgan fingerprint density at radius 1 is 1.15 bits per heavy atom. The van der Waals surface area contributed by atoms with Crippen molar-refractivity contribution in [3.63, 3.8) is 0 Å². The van der Waals surface area contributed by atoms with Gasteiger partial charge in [0.25, 0.3) is 0 Å². The number of carbonyl (C=O) groups is 1. The maximum atomic E-state index is 11.5. The zero-order valence-electron chi connectivity index (χ0n) is 12.7. The zero-order valence-corrected chi connectivity index (χ0v) is 12.7. The van der Waals surface area contributed by atoms with Crippen molar-refractivity contribution in [3.8, 4) is 0 Å². The van der Waals surface area contributed by atoms with Crippen LogP contribution in [-0.2, 0) is 0 Å². The van der Waals surface area contributed by atoms with Gasteiger partial charge >= 0.3 is 6.03 Å². The molecule has 2 aliphatic heterocycles. The molecule has 2 aliphatic rings. The number of urea groups is 1. The lowest BCUT2D eigenvalue weighted by Crippen LogP contribution is -2.39. The number of amides is 2.